The molecule has 0 aliphatic carbocycles. The summed E-state index contributed by atoms with van der Waals surface area (Å²) in [6.45, 7) is 4.91. The summed E-state index contributed by atoms with van der Waals surface area (Å²) in [4.78, 5) is 13.0. The van der Waals surface area contributed by atoms with Crippen molar-refractivity contribution in [1.29, 1.82) is 0 Å². The Morgan fingerprint density at radius 3 is 2.45 bits per heavy atom. The Kier molecular flexibility index (Phi) is 7.09. The van der Waals surface area contributed by atoms with E-state index in [0.29, 0.717) is 18.7 Å². The molecule has 0 radical (unpaired) electrons. The standard InChI is InChI=1S/C23H30N2O3S/c1-18-11-14-21(29(27,28)25-15-7-4-8-16-25)17-22(18)23(26)24-19(2)12-13-20-9-5-3-6-10-20/h3,5-6,9-11,14,17,19H,4,7-8,12-13,15-16H2,1-2H3,(H,24,26)/t19-/m0/s1. The minimum Gasteiger partial charge on any atom is -0.350 e. The summed E-state index contributed by atoms with van der Waals surface area (Å²) < 4.78 is 27.4. The van der Waals surface area contributed by atoms with Gasteiger partial charge in [0.1, 0.15) is 0 Å². The molecule has 5 nitrogen and oxygen atoms in total. The largest absolute Gasteiger partial charge is 0.350 e. The smallest absolute Gasteiger partial charge is 0.251 e. The van der Waals surface area contributed by atoms with Gasteiger partial charge in [0.05, 0.1) is 4.90 Å². The number of amides is 1. The molecule has 1 aliphatic heterocycles. The van der Waals surface area contributed by atoms with E-state index in [9.17, 15) is 13.2 Å². The van der Waals surface area contributed by atoms with Gasteiger partial charge in [-0.25, -0.2) is 8.42 Å². The van der Waals surface area contributed by atoms with Crippen molar-refractivity contribution in [2.75, 3.05) is 13.1 Å². The molecule has 2 aromatic carbocycles. The number of hydrogen-bond acceptors (Lipinski definition) is 3. The summed E-state index contributed by atoms with van der Waals surface area (Å²) in [5.74, 6) is -0.223. The summed E-state index contributed by atoms with van der Waals surface area (Å²) >= 11 is 0. The Morgan fingerprint density at radius 2 is 1.76 bits per heavy atom. The number of aryl methyl sites for hydroxylation is 2. The molecule has 156 valence electrons. The van der Waals surface area contributed by atoms with Gasteiger partial charge in [-0.3, -0.25) is 4.79 Å². The van der Waals surface area contributed by atoms with Gasteiger partial charge in [0.15, 0.2) is 0 Å². The maximum Gasteiger partial charge on any atom is 0.251 e. The first-order valence-corrected chi connectivity index (χ1v) is 11.8. The van der Waals surface area contributed by atoms with E-state index in [1.54, 1.807) is 12.1 Å². The highest BCUT2D eigenvalue weighted by atomic mass is 32.2. The number of carbonyl (C=O) groups is 1. The highest BCUT2D eigenvalue weighted by molar-refractivity contribution is 7.89. The molecule has 3 rings (SSSR count). The molecule has 1 saturated heterocycles. The number of carbonyl (C=O) groups excluding carboxylic acids is 1. The number of nitrogens with one attached hydrogen (secondary N) is 1. The van der Waals surface area contributed by atoms with E-state index >= 15 is 0 Å². The molecule has 2 aromatic rings. The second-order valence-corrected chi connectivity index (χ2v) is 9.78. The van der Waals surface area contributed by atoms with E-state index < -0.39 is 10.0 Å². The van der Waals surface area contributed by atoms with Gasteiger partial charge in [-0.05, 0) is 62.8 Å². The summed E-state index contributed by atoms with van der Waals surface area (Å²) in [6, 6.07) is 15.0. The molecule has 0 unspecified atom stereocenters. The first-order chi connectivity index (χ1) is 13.9. The van der Waals surface area contributed by atoms with Gasteiger partial charge in [0.2, 0.25) is 10.0 Å². The summed E-state index contributed by atoms with van der Waals surface area (Å²) in [7, 11) is -3.56. The lowest BCUT2D eigenvalue weighted by molar-refractivity contribution is 0.0937. The van der Waals surface area contributed by atoms with Gasteiger partial charge < -0.3 is 5.32 Å². The molecule has 6 heteroatoms. The van der Waals surface area contributed by atoms with Crippen LogP contribution in [-0.4, -0.2) is 37.8 Å². The Morgan fingerprint density at radius 1 is 1.07 bits per heavy atom. The molecule has 0 spiro atoms. The van der Waals surface area contributed by atoms with Crippen LogP contribution in [-0.2, 0) is 16.4 Å². The van der Waals surface area contributed by atoms with Gasteiger partial charge in [-0.2, -0.15) is 4.31 Å². The Balaban J connectivity index is 1.69. The van der Waals surface area contributed by atoms with Crippen molar-refractivity contribution in [3.63, 3.8) is 0 Å². The van der Waals surface area contributed by atoms with Crippen LogP contribution in [0.2, 0.25) is 0 Å². The van der Waals surface area contributed by atoms with Crippen molar-refractivity contribution < 1.29 is 13.2 Å². The average molecular weight is 415 g/mol. The summed E-state index contributed by atoms with van der Waals surface area (Å²) in [6.07, 6.45) is 4.54. The van der Waals surface area contributed by atoms with Gasteiger partial charge in [-0.15, -0.1) is 0 Å². The maximum absolute atomic E-state index is 12.9. The van der Waals surface area contributed by atoms with Crippen molar-refractivity contribution in [1.82, 2.24) is 9.62 Å². The average Bonchev–Trinajstić information content (AvgIpc) is 2.73. The topological polar surface area (TPSA) is 66.5 Å². The van der Waals surface area contributed by atoms with Gasteiger partial charge in [-0.1, -0.05) is 42.8 Å². The second-order valence-electron chi connectivity index (χ2n) is 7.84. The number of benzene rings is 2. The number of hydrogen-bond donors (Lipinski definition) is 1. The molecule has 1 atom stereocenters. The van der Waals surface area contributed by atoms with Crippen LogP contribution in [0.1, 0.15) is 54.1 Å². The monoisotopic (exact) mass is 414 g/mol. The third-order valence-corrected chi connectivity index (χ3v) is 7.39. The van der Waals surface area contributed by atoms with Crippen LogP contribution in [0.25, 0.3) is 0 Å². The molecule has 29 heavy (non-hydrogen) atoms. The number of piperidine rings is 1. The van der Waals surface area contributed by atoms with E-state index in [-0.39, 0.29) is 16.8 Å². The molecule has 0 aromatic heterocycles. The van der Waals surface area contributed by atoms with Gasteiger partial charge >= 0.3 is 0 Å². The lowest BCUT2D eigenvalue weighted by atomic mass is 10.0. The van der Waals surface area contributed by atoms with Crippen LogP contribution >= 0.6 is 0 Å². The fraction of sp³-hybridized carbons (Fsp3) is 0.435. The molecule has 0 bridgehead atoms. The quantitative estimate of drug-likeness (QED) is 0.747. The Bertz CT molecular complexity index is 936. The van der Waals surface area contributed by atoms with Crippen LogP contribution in [0.5, 0.6) is 0 Å². The SMILES string of the molecule is Cc1ccc(S(=O)(=O)N2CCCCC2)cc1C(=O)N[C@@H](C)CCc1ccccc1. The first-order valence-electron chi connectivity index (χ1n) is 10.3. The number of rotatable bonds is 7. The summed E-state index contributed by atoms with van der Waals surface area (Å²) in [5.41, 5.74) is 2.43. The zero-order valence-electron chi connectivity index (χ0n) is 17.2. The van der Waals surface area contributed by atoms with Crippen LogP contribution in [0.3, 0.4) is 0 Å². The third-order valence-electron chi connectivity index (χ3n) is 5.49. The van der Waals surface area contributed by atoms with Gasteiger partial charge in [0.25, 0.3) is 5.91 Å². The Labute approximate surface area is 174 Å². The molecule has 1 heterocycles. The highest BCUT2D eigenvalue weighted by Crippen LogP contribution is 2.23. The van der Waals surface area contributed by atoms with Crippen LogP contribution < -0.4 is 5.32 Å². The molecular weight excluding hydrogens is 384 g/mol. The zero-order valence-corrected chi connectivity index (χ0v) is 18.0. The molecule has 1 fully saturated rings. The lowest BCUT2D eigenvalue weighted by Crippen LogP contribution is -2.36. The number of nitrogens with zero attached hydrogens (tertiary/aromatic N) is 1. The van der Waals surface area contributed by atoms with Crippen molar-refractivity contribution in [2.45, 2.75) is 56.9 Å². The molecule has 0 saturated carbocycles. The maximum atomic E-state index is 12.9. The fourth-order valence-electron chi connectivity index (χ4n) is 3.66. The van der Waals surface area contributed by atoms with E-state index in [4.69, 9.17) is 0 Å². The van der Waals surface area contributed by atoms with E-state index in [1.165, 1.54) is 15.9 Å². The van der Waals surface area contributed by atoms with Crippen LogP contribution in [0.15, 0.2) is 53.4 Å². The van der Waals surface area contributed by atoms with E-state index in [1.807, 2.05) is 32.0 Å². The highest BCUT2D eigenvalue weighted by Gasteiger charge is 2.27. The van der Waals surface area contributed by atoms with Gasteiger partial charge in [0, 0.05) is 24.7 Å². The van der Waals surface area contributed by atoms with Crippen molar-refractivity contribution in [3.05, 3.63) is 65.2 Å². The lowest BCUT2D eigenvalue weighted by Gasteiger charge is -2.26. The minimum atomic E-state index is -3.56. The third kappa shape index (κ3) is 5.46. The number of sulfonamides is 1. The molecule has 1 amide bonds. The molecule has 1 N–H and O–H groups in total. The minimum absolute atomic E-state index is 0.00976. The van der Waals surface area contributed by atoms with Crippen molar-refractivity contribution >= 4 is 15.9 Å². The molecular formula is C23H30N2O3S. The predicted octanol–water partition coefficient (Wildman–Crippen LogP) is 3.92. The predicted molar refractivity (Wildman–Crippen MR) is 115 cm³/mol. The van der Waals surface area contributed by atoms with E-state index in [0.717, 1.165) is 37.7 Å². The van der Waals surface area contributed by atoms with Crippen LogP contribution in [0, 0.1) is 6.92 Å². The van der Waals surface area contributed by atoms with Crippen molar-refractivity contribution in [2.24, 2.45) is 0 Å². The van der Waals surface area contributed by atoms with E-state index in [2.05, 4.69) is 17.4 Å². The second kappa shape index (κ2) is 9.55. The van der Waals surface area contributed by atoms with Crippen molar-refractivity contribution in [3.8, 4) is 0 Å². The van der Waals surface area contributed by atoms with Crippen LogP contribution in [0.4, 0.5) is 0 Å². The normalized spacial score (nSPS) is 16.3. The first kappa shape index (κ1) is 21.5. The summed E-state index contributed by atoms with van der Waals surface area (Å²) in [5, 5.41) is 3.02. The Hall–Kier alpha value is -2.18. The fourth-order valence-corrected chi connectivity index (χ4v) is 5.21. The zero-order chi connectivity index (χ0) is 20.9. The molecule has 1 aliphatic rings.